The zero-order chi connectivity index (χ0) is 21.1. The van der Waals surface area contributed by atoms with Crippen LogP contribution in [0.2, 0.25) is 0 Å². The summed E-state index contributed by atoms with van der Waals surface area (Å²) in [5, 5.41) is 18.6. The van der Waals surface area contributed by atoms with E-state index in [1.165, 1.54) is 11.3 Å². The molecular formula is C24H18NO4S-. The topological polar surface area (TPSA) is 78.5 Å². The largest absolute Gasteiger partial charge is 0.545 e. The summed E-state index contributed by atoms with van der Waals surface area (Å²) in [6.07, 6.45) is 0.142. The van der Waals surface area contributed by atoms with E-state index in [9.17, 15) is 14.7 Å². The number of rotatable bonds is 6. The molecule has 4 aromatic rings. The number of hydrogen-bond acceptors (Lipinski definition) is 5. The van der Waals surface area contributed by atoms with Crippen LogP contribution in [0, 0.1) is 0 Å². The molecule has 0 atom stereocenters. The Hall–Kier alpha value is -3.64. The maximum absolute atomic E-state index is 12.7. The molecule has 0 bridgehead atoms. The lowest BCUT2D eigenvalue weighted by Crippen LogP contribution is -2.24. The summed E-state index contributed by atoms with van der Waals surface area (Å²) in [6.45, 7) is 0. The number of amides is 1. The molecule has 30 heavy (non-hydrogen) atoms. The van der Waals surface area contributed by atoms with Gasteiger partial charge in [0, 0.05) is 16.5 Å². The van der Waals surface area contributed by atoms with Crippen LogP contribution in [0.25, 0.3) is 21.9 Å². The molecule has 0 fully saturated rings. The van der Waals surface area contributed by atoms with E-state index < -0.39 is 5.97 Å². The molecule has 0 spiro atoms. The number of carbonyl (C=O) groups excluding carboxylic acids is 2. The van der Waals surface area contributed by atoms with Crippen molar-refractivity contribution in [2.75, 3.05) is 12.4 Å². The number of benzene rings is 3. The van der Waals surface area contributed by atoms with Crippen LogP contribution in [0.3, 0.4) is 0 Å². The highest BCUT2D eigenvalue weighted by molar-refractivity contribution is 7.15. The Morgan fingerprint density at radius 1 is 1.00 bits per heavy atom. The predicted molar refractivity (Wildman–Crippen MR) is 117 cm³/mol. The molecule has 4 rings (SSSR count). The van der Waals surface area contributed by atoms with Gasteiger partial charge in [0.1, 0.15) is 10.8 Å². The first-order valence-electron chi connectivity index (χ1n) is 9.30. The van der Waals surface area contributed by atoms with Crippen molar-refractivity contribution in [3.05, 3.63) is 83.2 Å². The molecule has 3 aromatic carbocycles. The molecule has 0 aliphatic heterocycles. The van der Waals surface area contributed by atoms with Crippen molar-refractivity contribution in [3.8, 4) is 16.9 Å². The molecular weight excluding hydrogens is 398 g/mol. The lowest BCUT2D eigenvalue weighted by molar-refractivity contribution is -0.254. The molecule has 1 N–H and O–H groups in total. The molecule has 1 heterocycles. The SMILES string of the molecule is COc1ccc(-c2csc(NC(=O)Cc3cccc4ccccc34)c2C(=O)[O-])cc1. The summed E-state index contributed by atoms with van der Waals surface area (Å²) >= 11 is 1.17. The normalized spacial score (nSPS) is 10.7. The third kappa shape index (κ3) is 3.90. The van der Waals surface area contributed by atoms with Crippen molar-refractivity contribution in [1.29, 1.82) is 0 Å². The maximum atomic E-state index is 12.7. The summed E-state index contributed by atoms with van der Waals surface area (Å²) in [5.74, 6) is -0.938. The summed E-state index contributed by atoms with van der Waals surface area (Å²) in [5.41, 5.74) is 2.08. The van der Waals surface area contributed by atoms with Crippen LogP contribution in [0.1, 0.15) is 15.9 Å². The zero-order valence-corrected chi connectivity index (χ0v) is 17.0. The van der Waals surface area contributed by atoms with Gasteiger partial charge in [-0.25, -0.2) is 0 Å². The van der Waals surface area contributed by atoms with Crippen molar-refractivity contribution < 1.29 is 19.4 Å². The van der Waals surface area contributed by atoms with Crippen molar-refractivity contribution in [2.45, 2.75) is 6.42 Å². The van der Waals surface area contributed by atoms with Gasteiger partial charge < -0.3 is 20.0 Å². The van der Waals surface area contributed by atoms with Crippen LogP contribution in [0.15, 0.2) is 72.1 Å². The molecule has 0 aliphatic carbocycles. The average molecular weight is 416 g/mol. The molecule has 0 radical (unpaired) electrons. The van der Waals surface area contributed by atoms with Crippen LogP contribution in [-0.2, 0) is 11.2 Å². The van der Waals surface area contributed by atoms with Gasteiger partial charge in [0.05, 0.1) is 19.5 Å². The molecule has 0 unspecified atom stereocenters. The highest BCUT2D eigenvalue weighted by Gasteiger charge is 2.17. The van der Waals surface area contributed by atoms with Gasteiger partial charge in [-0.3, -0.25) is 4.79 Å². The lowest BCUT2D eigenvalue weighted by atomic mass is 10.0. The number of anilines is 1. The first-order valence-corrected chi connectivity index (χ1v) is 10.2. The van der Waals surface area contributed by atoms with E-state index in [-0.39, 0.29) is 22.9 Å². The van der Waals surface area contributed by atoms with Crippen LogP contribution in [0.4, 0.5) is 5.00 Å². The number of methoxy groups -OCH3 is 1. The molecule has 150 valence electrons. The van der Waals surface area contributed by atoms with E-state index in [0.717, 1.165) is 16.3 Å². The van der Waals surface area contributed by atoms with Crippen LogP contribution >= 0.6 is 11.3 Å². The van der Waals surface area contributed by atoms with Crippen molar-refractivity contribution in [1.82, 2.24) is 0 Å². The Labute approximate surface area is 177 Å². The number of ether oxygens (including phenoxy) is 1. The summed E-state index contributed by atoms with van der Waals surface area (Å²) in [4.78, 5) is 24.5. The number of thiophene rings is 1. The number of hydrogen-bond donors (Lipinski definition) is 1. The summed E-state index contributed by atoms with van der Waals surface area (Å²) in [7, 11) is 1.57. The minimum atomic E-state index is -1.33. The minimum absolute atomic E-state index is 0.0172. The summed E-state index contributed by atoms with van der Waals surface area (Å²) in [6, 6.07) is 20.7. The molecule has 0 aliphatic rings. The fourth-order valence-electron chi connectivity index (χ4n) is 3.43. The fourth-order valence-corrected chi connectivity index (χ4v) is 4.40. The first kappa shape index (κ1) is 19.7. The molecule has 0 saturated heterocycles. The van der Waals surface area contributed by atoms with Gasteiger partial charge in [0.25, 0.3) is 0 Å². The minimum Gasteiger partial charge on any atom is -0.545 e. The number of carboxylic acid groups (broad SMARTS) is 1. The molecule has 1 aromatic heterocycles. The highest BCUT2D eigenvalue weighted by atomic mass is 32.1. The van der Waals surface area contributed by atoms with Gasteiger partial charge in [-0.2, -0.15) is 0 Å². The molecule has 1 amide bonds. The predicted octanol–water partition coefficient (Wildman–Crippen LogP) is 4.12. The van der Waals surface area contributed by atoms with Gasteiger partial charge in [-0.05, 0) is 34.0 Å². The number of carboxylic acids is 1. The summed E-state index contributed by atoms with van der Waals surface area (Å²) < 4.78 is 5.14. The van der Waals surface area contributed by atoms with Gasteiger partial charge in [0.2, 0.25) is 5.91 Å². The van der Waals surface area contributed by atoms with Gasteiger partial charge in [0.15, 0.2) is 0 Å². The van der Waals surface area contributed by atoms with E-state index in [4.69, 9.17) is 4.74 Å². The zero-order valence-electron chi connectivity index (χ0n) is 16.2. The van der Waals surface area contributed by atoms with E-state index in [2.05, 4.69) is 5.32 Å². The van der Waals surface area contributed by atoms with Crippen LogP contribution in [-0.4, -0.2) is 19.0 Å². The van der Waals surface area contributed by atoms with E-state index in [1.807, 2.05) is 42.5 Å². The van der Waals surface area contributed by atoms with Gasteiger partial charge in [-0.1, -0.05) is 54.6 Å². The van der Waals surface area contributed by atoms with Crippen LogP contribution in [0.5, 0.6) is 5.75 Å². The second kappa shape index (κ2) is 8.39. The Balaban J connectivity index is 1.60. The Morgan fingerprint density at radius 3 is 2.47 bits per heavy atom. The monoisotopic (exact) mass is 416 g/mol. The first-order chi connectivity index (χ1) is 14.6. The lowest BCUT2D eigenvalue weighted by Gasteiger charge is -2.11. The number of nitrogens with one attached hydrogen (secondary N) is 1. The second-order valence-electron chi connectivity index (χ2n) is 6.73. The van der Waals surface area contributed by atoms with Gasteiger partial charge in [-0.15, -0.1) is 11.3 Å². The number of aromatic carboxylic acids is 1. The molecule has 5 nitrogen and oxygen atoms in total. The van der Waals surface area contributed by atoms with Crippen molar-refractivity contribution in [3.63, 3.8) is 0 Å². The van der Waals surface area contributed by atoms with Crippen LogP contribution < -0.4 is 15.2 Å². The quantitative estimate of drug-likeness (QED) is 0.513. The number of carbonyl (C=O) groups is 2. The van der Waals surface area contributed by atoms with E-state index in [0.29, 0.717) is 16.9 Å². The van der Waals surface area contributed by atoms with E-state index >= 15 is 0 Å². The maximum Gasteiger partial charge on any atom is 0.229 e. The Morgan fingerprint density at radius 2 is 1.73 bits per heavy atom. The van der Waals surface area contributed by atoms with Crippen molar-refractivity contribution >= 4 is 39.0 Å². The van der Waals surface area contributed by atoms with Crippen molar-refractivity contribution in [2.24, 2.45) is 0 Å². The Kier molecular flexibility index (Phi) is 5.50. The van der Waals surface area contributed by atoms with E-state index in [1.54, 1.807) is 36.8 Å². The molecule has 6 heteroatoms. The third-order valence-electron chi connectivity index (χ3n) is 4.88. The van der Waals surface area contributed by atoms with Gasteiger partial charge >= 0.3 is 0 Å². The number of fused-ring (bicyclic) bond motifs is 1. The standard InChI is InChI=1S/C24H19NO4S/c1-29-18-11-9-16(10-12-18)20-14-30-23(22(20)24(27)28)25-21(26)13-17-7-4-6-15-5-2-3-8-19(15)17/h2-12,14H,13H2,1H3,(H,25,26)(H,27,28)/p-1. The highest BCUT2D eigenvalue weighted by Crippen LogP contribution is 2.36. The Bertz CT molecular complexity index is 1220. The third-order valence-corrected chi connectivity index (χ3v) is 5.78. The second-order valence-corrected chi connectivity index (χ2v) is 7.61. The smallest absolute Gasteiger partial charge is 0.229 e. The fraction of sp³-hybridized carbons (Fsp3) is 0.0833. The average Bonchev–Trinajstić information content (AvgIpc) is 3.17. The molecule has 0 saturated carbocycles.